The van der Waals surface area contributed by atoms with E-state index in [2.05, 4.69) is 20.8 Å². The predicted molar refractivity (Wildman–Crippen MR) is 131 cm³/mol. The fraction of sp³-hybridized carbons (Fsp3) is 0.208. The molecule has 0 spiro atoms. The quantitative estimate of drug-likeness (QED) is 0.503. The highest BCUT2D eigenvalue weighted by Crippen LogP contribution is 2.37. The standard InChI is InChI=1S/C24H22ClN5O2S/c1-16-7-12-20(29-28-16)26-21(31)15-24(18-5-3-2-4-6-18)22(32)27-23(33)30(24)14-13-17-8-10-19(25)11-9-17/h2-12H,13-15H2,1H3,(H,26,29,31)(H,27,32,33). The number of rotatable bonds is 7. The van der Waals surface area contributed by atoms with Crippen LogP contribution in [0.5, 0.6) is 0 Å². The number of benzene rings is 2. The Bertz CT molecular complexity index is 1170. The molecule has 2 heterocycles. The average molecular weight is 480 g/mol. The second-order valence-corrected chi connectivity index (χ2v) is 8.62. The summed E-state index contributed by atoms with van der Waals surface area (Å²) in [5.74, 6) is -0.379. The summed E-state index contributed by atoms with van der Waals surface area (Å²) in [5, 5.41) is 14.4. The van der Waals surface area contributed by atoms with E-state index in [0.29, 0.717) is 34.5 Å². The van der Waals surface area contributed by atoms with Crippen molar-refractivity contribution in [1.82, 2.24) is 20.4 Å². The number of carbonyl (C=O) groups is 2. The monoisotopic (exact) mass is 479 g/mol. The van der Waals surface area contributed by atoms with Gasteiger partial charge in [-0.2, -0.15) is 5.10 Å². The van der Waals surface area contributed by atoms with Crippen molar-refractivity contribution in [2.45, 2.75) is 25.3 Å². The zero-order chi connectivity index (χ0) is 23.4. The van der Waals surface area contributed by atoms with E-state index >= 15 is 0 Å². The number of hydrogen-bond donors (Lipinski definition) is 2. The third-order valence-corrected chi connectivity index (χ3v) is 6.15. The number of nitrogens with zero attached hydrogens (tertiary/aromatic N) is 3. The van der Waals surface area contributed by atoms with Crippen molar-refractivity contribution in [3.05, 3.63) is 88.6 Å². The van der Waals surface area contributed by atoms with Crippen molar-refractivity contribution in [1.29, 1.82) is 0 Å². The van der Waals surface area contributed by atoms with Gasteiger partial charge in [0.05, 0.1) is 12.1 Å². The fourth-order valence-electron chi connectivity index (χ4n) is 3.91. The number of nitrogens with one attached hydrogen (secondary N) is 2. The van der Waals surface area contributed by atoms with Crippen LogP contribution >= 0.6 is 23.8 Å². The van der Waals surface area contributed by atoms with Gasteiger partial charge in [-0.1, -0.05) is 54.1 Å². The first-order chi connectivity index (χ1) is 15.9. The zero-order valence-electron chi connectivity index (χ0n) is 17.9. The number of halogens is 1. The number of aryl methyl sites for hydroxylation is 1. The number of anilines is 1. The highest BCUT2D eigenvalue weighted by atomic mass is 35.5. The van der Waals surface area contributed by atoms with Gasteiger partial charge in [0.25, 0.3) is 5.91 Å². The predicted octanol–water partition coefficient (Wildman–Crippen LogP) is 3.62. The van der Waals surface area contributed by atoms with Gasteiger partial charge in [-0.3, -0.25) is 9.59 Å². The molecular weight excluding hydrogens is 458 g/mol. The molecule has 1 saturated heterocycles. The Kier molecular flexibility index (Phi) is 6.67. The summed E-state index contributed by atoms with van der Waals surface area (Å²) < 4.78 is 0. The molecule has 0 bridgehead atoms. The van der Waals surface area contributed by atoms with Crippen LogP contribution in [0.4, 0.5) is 5.82 Å². The highest BCUT2D eigenvalue weighted by Gasteiger charge is 2.53. The molecule has 0 radical (unpaired) electrons. The van der Waals surface area contributed by atoms with Gasteiger partial charge < -0.3 is 15.5 Å². The summed E-state index contributed by atoms with van der Waals surface area (Å²) in [6, 6.07) is 20.2. The first-order valence-corrected chi connectivity index (χ1v) is 11.2. The second-order valence-electron chi connectivity index (χ2n) is 7.80. The van der Waals surface area contributed by atoms with Crippen LogP contribution in [0.3, 0.4) is 0 Å². The lowest BCUT2D eigenvalue weighted by atomic mass is 9.84. The molecule has 4 rings (SSSR count). The van der Waals surface area contributed by atoms with E-state index < -0.39 is 5.54 Å². The molecular formula is C24H22ClN5O2S. The molecule has 0 aliphatic carbocycles. The molecule has 2 N–H and O–H groups in total. The van der Waals surface area contributed by atoms with Crippen LogP contribution in [0.25, 0.3) is 0 Å². The molecule has 9 heteroatoms. The Morgan fingerprint density at radius 2 is 1.82 bits per heavy atom. The Hall–Kier alpha value is -3.36. The molecule has 2 amide bonds. The molecule has 168 valence electrons. The minimum atomic E-state index is -1.28. The van der Waals surface area contributed by atoms with Crippen LogP contribution in [0, 0.1) is 6.92 Å². The largest absolute Gasteiger partial charge is 0.330 e. The van der Waals surface area contributed by atoms with Crippen molar-refractivity contribution < 1.29 is 9.59 Å². The van der Waals surface area contributed by atoms with Crippen LogP contribution in [0.15, 0.2) is 66.7 Å². The maximum absolute atomic E-state index is 13.3. The Morgan fingerprint density at radius 3 is 2.48 bits per heavy atom. The van der Waals surface area contributed by atoms with Crippen LogP contribution in [0.1, 0.15) is 23.2 Å². The Morgan fingerprint density at radius 1 is 1.09 bits per heavy atom. The van der Waals surface area contributed by atoms with Crippen molar-refractivity contribution in [2.24, 2.45) is 0 Å². The molecule has 1 aliphatic heterocycles. The summed E-state index contributed by atoms with van der Waals surface area (Å²) in [7, 11) is 0. The second kappa shape index (κ2) is 9.64. The van der Waals surface area contributed by atoms with Crippen LogP contribution in [-0.2, 0) is 21.5 Å². The van der Waals surface area contributed by atoms with E-state index in [0.717, 1.165) is 11.3 Å². The molecule has 1 aromatic heterocycles. The SMILES string of the molecule is Cc1ccc(NC(=O)CC2(c3ccccc3)C(=O)NC(=S)N2CCc2ccc(Cl)cc2)nn1. The van der Waals surface area contributed by atoms with Crippen molar-refractivity contribution in [2.75, 3.05) is 11.9 Å². The fourth-order valence-corrected chi connectivity index (χ4v) is 4.38. The summed E-state index contributed by atoms with van der Waals surface area (Å²) >= 11 is 11.5. The Balaban J connectivity index is 1.64. The van der Waals surface area contributed by atoms with Crippen molar-refractivity contribution in [3.63, 3.8) is 0 Å². The van der Waals surface area contributed by atoms with Gasteiger partial charge in [0, 0.05) is 11.6 Å². The number of carbonyl (C=O) groups excluding carboxylic acids is 2. The van der Waals surface area contributed by atoms with Crippen molar-refractivity contribution >= 4 is 46.6 Å². The minimum Gasteiger partial charge on any atom is -0.330 e. The molecule has 3 aromatic rings. The van der Waals surface area contributed by atoms with E-state index in [1.807, 2.05) is 61.5 Å². The van der Waals surface area contributed by atoms with Gasteiger partial charge in [0.15, 0.2) is 16.5 Å². The first kappa shape index (κ1) is 22.8. The van der Waals surface area contributed by atoms with E-state index in [1.54, 1.807) is 17.0 Å². The summed E-state index contributed by atoms with van der Waals surface area (Å²) in [4.78, 5) is 28.2. The van der Waals surface area contributed by atoms with E-state index in [1.165, 1.54) is 0 Å². The molecule has 1 aliphatic rings. The van der Waals surface area contributed by atoms with Gasteiger partial charge in [0.2, 0.25) is 5.91 Å². The van der Waals surface area contributed by atoms with Gasteiger partial charge in [-0.25, -0.2) is 0 Å². The lowest BCUT2D eigenvalue weighted by Gasteiger charge is -2.36. The molecule has 2 aromatic carbocycles. The normalized spacial score (nSPS) is 17.7. The Labute approximate surface area is 202 Å². The third kappa shape index (κ3) is 4.86. The van der Waals surface area contributed by atoms with E-state index in [-0.39, 0.29) is 18.2 Å². The van der Waals surface area contributed by atoms with E-state index in [4.69, 9.17) is 23.8 Å². The smallest absolute Gasteiger partial charge is 0.257 e. The first-order valence-electron chi connectivity index (χ1n) is 10.4. The van der Waals surface area contributed by atoms with Crippen LogP contribution < -0.4 is 10.6 Å². The lowest BCUT2D eigenvalue weighted by molar-refractivity contribution is -0.131. The van der Waals surface area contributed by atoms with Gasteiger partial charge in [0.1, 0.15) is 0 Å². The zero-order valence-corrected chi connectivity index (χ0v) is 19.5. The third-order valence-electron chi connectivity index (χ3n) is 5.57. The maximum Gasteiger partial charge on any atom is 0.257 e. The van der Waals surface area contributed by atoms with Crippen LogP contribution in [0.2, 0.25) is 5.02 Å². The number of hydrogen-bond acceptors (Lipinski definition) is 5. The molecule has 1 unspecified atom stereocenters. The molecule has 1 atom stereocenters. The van der Waals surface area contributed by atoms with Gasteiger partial charge >= 0.3 is 0 Å². The minimum absolute atomic E-state index is 0.140. The van der Waals surface area contributed by atoms with Crippen LogP contribution in [-0.4, -0.2) is 38.6 Å². The van der Waals surface area contributed by atoms with Gasteiger partial charge in [-0.05, 0) is 61.0 Å². The summed E-state index contributed by atoms with van der Waals surface area (Å²) in [6.45, 7) is 2.25. The molecule has 1 fully saturated rings. The van der Waals surface area contributed by atoms with Gasteiger partial charge in [-0.15, -0.1) is 5.10 Å². The topological polar surface area (TPSA) is 87.2 Å². The lowest BCUT2D eigenvalue weighted by Crippen LogP contribution is -2.50. The molecule has 7 nitrogen and oxygen atoms in total. The molecule has 33 heavy (non-hydrogen) atoms. The summed E-state index contributed by atoms with van der Waals surface area (Å²) in [5.41, 5.74) is 1.18. The number of amides is 2. The maximum atomic E-state index is 13.3. The molecule has 0 saturated carbocycles. The van der Waals surface area contributed by atoms with E-state index in [9.17, 15) is 9.59 Å². The summed E-state index contributed by atoms with van der Waals surface area (Å²) in [6.07, 6.45) is 0.477. The average Bonchev–Trinajstić information content (AvgIpc) is 3.05. The highest BCUT2D eigenvalue weighted by molar-refractivity contribution is 7.80. The number of thiocarbonyl (C=S) groups is 1. The van der Waals surface area contributed by atoms with Crippen molar-refractivity contribution in [3.8, 4) is 0 Å². The number of aromatic nitrogens is 2.